The number of benzene rings is 1. The van der Waals surface area contributed by atoms with Crippen LogP contribution in [0.4, 0.5) is 5.69 Å². The Balaban J connectivity index is 2.26. The molecule has 98 valence electrons. The lowest BCUT2D eigenvalue weighted by atomic mass is 10.2. The fourth-order valence-corrected chi connectivity index (χ4v) is 2.37. The van der Waals surface area contributed by atoms with Crippen LogP contribution < -0.4 is 10.1 Å². The van der Waals surface area contributed by atoms with Crippen molar-refractivity contribution >= 4 is 39.1 Å². The maximum absolute atomic E-state index is 12.1. The van der Waals surface area contributed by atoms with Gasteiger partial charge in [-0.1, -0.05) is 11.6 Å². The second-order valence-electron chi connectivity index (χ2n) is 3.64. The van der Waals surface area contributed by atoms with Crippen molar-refractivity contribution in [2.75, 3.05) is 12.4 Å². The predicted octanol–water partition coefficient (Wildman–Crippen LogP) is 3.76. The molecule has 0 atom stereocenters. The molecule has 0 bridgehead atoms. The van der Waals surface area contributed by atoms with Crippen molar-refractivity contribution in [1.82, 2.24) is 4.98 Å². The van der Waals surface area contributed by atoms with Crippen molar-refractivity contribution in [3.63, 3.8) is 0 Å². The number of rotatable bonds is 3. The number of nitrogens with zero attached hydrogens (tertiary/aromatic N) is 1. The van der Waals surface area contributed by atoms with Gasteiger partial charge >= 0.3 is 0 Å². The average molecular weight is 342 g/mol. The first-order valence-electron chi connectivity index (χ1n) is 5.37. The zero-order valence-corrected chi connectivity index (χ0v) is 12.3. The Morgan fingerprint density at radius 1 is 1.42 bits per heavy atom. The van der Waals surface area contributed by atoms with E-state index in [0.717, 1.165) is 0 Å². The zero-order valence-electron chi connectivity index (χ0n) is 9.98. The topological polar surface area (TPSA) is 51.2 Å². The molecule has 0 aliphatic carbocycles. The highest BCUT2D eigenvalue weighted by molar-refractivity contribution is 9.10. The molecule has 1 heterocycles. The van der Waals surface area contributed by atoms with Crippen LogP contribution in [0.1, 0.15) is 10.4 Å². The van der Waals surface area contributed by atoms with E-state index in [1.165, 1.54) is 7.11 Å². The number of anilines is 1. The minimum absolute atomic E-state index is 0.269. The molecule has 0 saturated carbocycles. The molecule has 1 amide bonds. The van der Waals surface area contributed by atoms with Gasteiger partial charge in [-0.2, -0.15) is 0 Å². The van der Waals surface area contributed by atoms with Gasteiger partial charge in [-0.15, -0.1) is 0 Å². The normalized spacial score (nSPS) is 10.1. The van der Waals surface area contributed by atoms with E-state index < -0.39 is 0 Å². The first kappa shape index (κ1) is 13.8. The highest BCUT2D eigenvalue weighted by Gasteiger charge is 2.13. The van der Waals surface area contributed by atoms with Crippen LogP contribution in [0, 0.1) is 0 Å². The highest BCUT2D eigenvalue weighted by Crippen LogP contribution is 2.25. The summed E-state index contributed by atoms with van der Waals surface area (Å²) in [5.41, 5.74) is 0.993. The smallest absolute Gasteiger partial charge is 0.256 e. The summed E-state index contributed by atoms with van der Waals surface area (Å²) in [7, 11) is 1.50. The van der Waals surface area contributed by atoms with Crippen molar-refractivity contribution in [2.45, 2.75) is 0 Å². The molecule has 0 saturated heterocycles. The van der Waals surface area contributed by atoms with Crippen LogP contribution in [0.2, 0.25) is 5.02 Å². The zero-order chi connectivity index (χ0) is 13.8. The van der Waals surface area contributed by atoms with Gasteiger partial charge in [0.2, 0.25) is 5.88 Å². The van der Waals surface area contributed by atoms with Gasteiger partial charge in [0.15, 0.2) is 0 Å². The first-order chi connectivity index (χ1) is 9.11. The SMILES string of the molecule is COc1ncccc1NC(=O)c1ccc(Cl)cc1Br. The summed E-state index contributed by atoms with van der Waals surface area (Å²) in [6, 6.07) is 8.39. The minimum atomic E-state index is -0.269. The third kappa shape index (κ3) is 3.24. The van der Waals surface area contributed by atoms with E-state index in [1.54, 1.807) is 36.5 Å². The number of ether oxygens (including phenoxy) is 1. The van der Waals surface area contributed by atoms with Gasteiger partial charge in [0.05, 0.1) is 12.7 Å². The fourth-order valence-electron chi connectivity index (χ4n) is 1.51. The summed E-state index contributed by atoms with van der Waals surface area (Å²) in [6.07, 6.45) is 1.59. The lowest BCUT2D eigenvalue weighted by molar-refractivity contribution is 0.102. The lowest BCUT2D eigenvalue weighted by Gasteiger charge is -2.09. The first-order valence-corrected chi connectivity index (χ1v) is 6.54. The number of hydrogen-bond acceptors (Lipinski definition) is 3. The molecule has 2 rings (SSSR count). The van der Waals surface area contributed by atoms with Crippen molar-refractivity contribution in [3.05, 3.63) is 51.6 Å². The van der Waals surface area contributed by atoms with Crippen LogP contribution in [0.5, 0.6) is 5.88 Å². The van der Waals surface area contributed by atoms with Gasteiger partial charge in [-0.25, -0.2) is 4.98 Å². The van der Waals surface area contributed by atoms with E-state index >= 15 is 0 Å². The number of carbonyl (C=O) groups excluding carboxylic acids is 1. The van der Waals surface area contributed by atoms with Crippen LogP contribution in [0.25, 0.3) is 0 Å². The summed E-state index contributed by atoms with van der Waals surface area (Å²) in [5, 5.41) is 3.30. The molecule has 1 N–H and O–H groups in total. The van der Waals surface area contributed by atoms with E-state index in [4.69, 9.17) is 16.3 Å². The van der Waals surface area contributed by atoms with Crippen LogP contribution in [0.3, 0.4) is 0 Å². The van der Waals surface area contributed by atoms with Gasteiger partial charge < -0.3 is 10.1 Å². The summed E-state index contributed by atoms with van der Waals surface area (Å²) < 4.78 is 5.70. The standard InChI is InChI=1S/C13H10BrClN2O2/c1-19-13-11(3-2-6-16-13)17-12(18)9-5-4-8(15)7-10(9)14/h2-7H,1H3,(H,17,18). The van der Waals surface area contributed by atoms with Crippen molar-refractivity contribution in [1.29, 1.82) is 0 Å². The Hall–Kier alpha value is -1.59. The van der Waals surface area contributed by atoms with Gasteiger partial charge in [0.25, 0.3) is 5.91 Å². The Morgan fingerprint density at radius 2 is 2.21 bits per heavy atom. The molecule has 4 nitrogen and oxygen atoms in total. The molecule has 19 heavy (non-hydrogen) atoms. The molecule has 1 aromatic carbocycles. The monoisotopic (exact) mass is 340 g/mol. The Kier molecular flexibility index (Phi) is 4.39. The van der Waals surface area contributed by atoms with Crippen molar-refractivity contribution in [2.24, 2.45) is 0 Å². The Bertz CT molecular complexity index is 619. The average Bonchev–Trinajstić information content (AvgIpc) is 2.39. The molecular weight excluding hydrogens is 332 g/mol. The van der Waals surface area contributed by atoms with Crippen LogP contribution >= 0.6 is 27.5 Å². The fraction of sp³-hybridized carbons (Fsp3) is 0.0769. The number of aromatic nitrogens is 1. The number of nitrogens with one attached hydrogen (secondary N) is 1. The molecular formula is C13H10BrClN2O2. The molecule has 1 aromatic heterocycles. The second kappa shape index (κ2) is 6.04. The lowest BCUT2D eigenvalue weighted by Crippen LogP contribution is -2.13. The van der Waals surface area contributed by atoms with Gasteiger partial charge in [0.1, 0.15) is 5.69 Å². The quantitative estimate of drug-likeness (QED) is 0.925. The molecule has 0 aliphatic heterocycles. The van der Waals surface area contributed by atoms with E-state index in [2.05, 4.69) is 26.2 Å². The number of pyridine rings is 1. The van der Waals surface area contributed by atoms with Crippen LogP contribution in [-0.2, 0) is 0 Å². The maximum Gasteiger partial charge on any atom is 0.256 e. The van der Waals surface area contributed by atoms with Crippen LogP contribution in [0.15, 0.2) is 41.0 Å². The van der Waals surface area contributed by atoms with E-state index in [0.29, 0.717) is 26.6 Å². The summed E-state index contributed by atoms with van der Waals surface area (Å²) >= 11 is 9.14. The number of amides is 1. The molecule has 0 spiro atoms. The highest BCUT2D eigenvalue weighted by atomic mass is 79.9. The van der Waals surface area contributed by atoms with Gasteiger partial charge in [-0.3, -0.25) is 4.79 Å². The number of carbonyl (C=O) groups is 1. The molecule has 0 fully saturated rings. The minimum Gasteiger partial charge on any atom is -0.480 e. The molecule has 6 heteroatoms. The number of hydrogen-bond donors (Lipinski definition) is 1. The second-order valence-corrected chi connectivity index (χ2v) is 4.93. The summed E-state index contributed by atoms with van der Waals surface area (Å²) in [5.74, 6) is 0.0933. The molecule has 2 aromatic rings. The molecule has 0 aliphatic rings. The summed E-state index contributed by atoms with van der Waals surface area (Å²) in [4.78, 5) is 16.2. The predicted molar refractivity (Wildman–Crippen MR) is 77.9 cm³/mol. The van der Waals surface area contributed by atoms with Gasteiger partial charge in [-0.05, 0) is 46.3 Å². The maximum atomic E-state index is 12.1. The molecule has 0 unspecified atom stereocenters. The van der Waals surface area contributed by atoms with E-state index in [-0.39, 0.29) is 5.91 Å². The largest absolute Gasteiger partial charge is 0.480 e. The third-order valence-corrected chi connectivity index (χ3v) is 3.28. The van der Waals surface area contributed by atoms with E-state index in [9.17, 15) is 4.79 Å². The van der Waals surface area contributed by atoms with Gasteiger partial charge in [0, 0.05) is 15.7 Å². The van der Waals surface area contributed by atoms with Crippen molar-refractivity contribution in [3.8, 4) is 5.88 Å². The number of halogens is 2. The Labute approximate surface area is 123 Å². The number of methoxy groups -OCH3 is 1. The molecule has 0 radical (unpaired) electrons. The van der Waals surface area contributed by atoms with Crippen LogP contribution in [-0.4, -0.2) is 18.0 Å². The van der Waals surface area contributed by atoms with Crippen molar-refractivity contribution < 1.29 is 9.53 Å². The third-order valence-electron chi connectivity index (χ3n) is 2.39. The summed E-state index contributed by atoms with van der Waals surface area (Å²) in [6.45, 7) is 0. The van der Waals surface area contributed by atoms with E-state index in [1.807, 2.05) is 0 Å². The Morgan fingerprint density at radius 3 is 2.89 bits per heavy atom.